The summed E-state index contributed by atoms with van der Waals surface area (Å²) in [6.45, 7) is 1.28. The molecule has 0 aliphatic carbocycles. The summed E-state index contributed by atoms with van der Waals surface area (Å²) < 4.78 is 2.02. The number of hydrogen-bond donors (Lipinski definition) is 0. The predicted molar refractivity (Wildman–Crippen MR) is 132 cm³/mol. The number of ketones is 1. The average molecular weight is 470 g/mol. The van der Waals surface area contributed by atoms with Crippen molar-refractivity contribution in [3.63, 3.8) is 0 Å². The minimum atomic E-state index is -0.0179. The molecule has 8 heteroatoms. The molecule has 170 valence electrons. The third kappa shape index (κ3) is 4.77. The lowest BCUT2D eigenvalue weighted by Crippen LogP contribution is -2.23. The summed E-state index contributed by atoms with van der Waals surface area (Å²) in [7, 11) is 0. The third-order valence-corrected chi connectivity index (χ3v) is 6.67. The molecule has 1 aliphatic rings. The number of amides is 1. The lowest BCUT2D eigenvalue weighted by Gasteiger charge is -2.16. The van der Waals surface area contributed by atoms with Gasteiger partial charge in [0.1, 0.15) is 0 Å². The first-order valence-electron chi connectivity index (χ1n) is 11.1. The van der Waals surface area contributed by atoms with Gasteiger partial charge in [-0.2, -0.15) is 0 Å². The van der Waals surface area contributed by atoms with E-state index in [-0.39, 0.29) is 17.4 Å². The van der Waals surface area contributed by atoms with Gasteiger partial charge in [0.15, 0.2) is 16.8 Å². The third-order valence-electron chi connectivity index (χ3n) is 5.71. The van der Waals surface area contributed by atoms with E-state index < -0.39 is 0 Å². The maximum Gasteiger partial charge on any atom is 0.227 e. The molecule has 2 aromatic carbocycles. The minimum Gasteiger partial charge on any atom is -0.312 e. The summed E-state index contributed by atoms with van der Waals surface area (Å²) in [4.78, 5) is 31.1. The summed E-state index contributed by atoms with van der Waals surface area (Å²) in [6.07, 6.45) is 4.89. The van der Waals surface area contributed by atoms with Crippen LogP contribution in [-0.2, 0) is 11.3 Å². The van der Waals surface area contributed by atoms with Gasteiger partial charge in [-0.15, -0.1) is 10.2 Å². The maximum atomic E-state index is 13.0. The van der Waals surface area contributed by atoms with E-state index >= 15 is 0 Å². The number of nitrogens with zero attached hydrogens (tertiary/aromatic N) is 5. The van der Waals surface area contributed by atoms with Crippen LogP contribution in [0.2, 0.25) is 0 Å². The van der Waals surface area contributed by atoms with Gasteiger partial charge in [-0.1, -0.05) is 54.2 Å². The Morgan fingerprint density at radius 1 is 1.00 bits per heavy atom. The van der Waals surface area contributed by atoms with Crippen LogP contribution in [0.3, 0.4) is 0 Å². The molecular formula is C26H23N5O2S. The van der Waals surface area contributed by atoms with Crippen molar-refractivity contribution >= 4 is 29.1 Å². The van der Waals surface area contributed by atoms with Gasteiger partial charge in [0.2, 0.25) is 5.91 Å². The zero-order chi connectivity index (χ0) is 23.3. The number of carbonyl (C=O) groups is 2. The standard InChI is InChI=1S/C26H23N5O2S/c32-23(20-9-4-11-22(15-20)30-14-6-12-24(30)33)18-34-26-29-28-25(21-10-5-13-27-16-21)31(26)17-19-7-2-1-3-8-19/h1-5,7-11,13,15-16H,6,12,14,17-18H2. The summed E-state index contributed by atoms with van der Waals surface area (Å²) in [6, 6.07) is 21.2. The van der Waals surface area contributed by atoms with E-state index in [1.807, 2.05) is 53.1 Å². The number of rotatable bonds is 8. The number of benzene rings is 2. The number of hydrogen-bond acceptors (Lipinski definition) is 6. The first-order valence-corrected chi connectivity index (χ1v) is 12.1. The fourth-order valence-corrected chi connectivity index (χ4v) is 4.83. The molecule has 4 aromatic rings. The second kappa shape index (κ2) is 10.0. The van der Waals surface area contributed by atoms with Crippen LogP contribution >= 0.6 is 11.8 Å². The average Bonchev–Trinajstić information content (AvgIpc) is 3.49. The van der Waals surface area contributed by atoms with E-state index in [4.69, 9.17) is 0 Å². The summed E-state index contributed by atoms with van der Waals surface area (Å²) in [5, 5.41) is 9.46. The van der Waals surface area contributed by atoms with Crippen molar-refractivity contribution in [2.75, 3.05) is 17.2 Å². The van der Waals surface area contributed by atoms with Crippen molar-refractivity contribution in [3.8, 4) is 11.4 Å². The summed E-state index contributed by atoms with van der Waals surface area (Å²) in [5.74, 6) is 1.02. The first-order chi connectivity index (χ1) is 16.7. The molecule has 0 N–H and O–H groups in total. The summed E-state index contributed by atoms with van der Waals surface area (Å²) >= 11 is 1.36. The molecule has 2 aromatic heterocycles. The highest BCUT2D eigenvalue weighted by Gasteiger charge is 2.22. The number of Topliss-reactive ketones (excluding diaryl/α,β-unsaturated/α-hetero) is 1. The van der Waals surface area contributed by atoms with Gasteiger partial charge >= 0.3 is 0 Å². The highest BCUT2D eigenvalue weighted by atomic mass is 32.2. The van der Waals surface area contributed by atoms with Crippen LogP contribution in [0, 0.1) is 0 Å². The van der Waals surface area contributed by atoms with E-state index in [1.54, 1.807) is 23.4 Å². The quantitative estimate of drug-likeness (QED) is 0.279. The molecular weight excluding hydrogens is 446 g/mol. The molecule has 0 bridgehead atoms. The Hall–Kier alpha value is -3.78. The highest BCUT2D eigenvalue weighted by molar-refractivity contribution is 7.99. The van der Waals surface area contributed by atoms with Gasteiger partial charge in [0.05, 0.1) is 12.3 Å². The van der Waals surface area contributed by atoms with Gasteiger partial charge in [-0.3, -0.25) is 19.1 Å². The molecule has 1 saturated heterocycles. The SMILES string of the molecule is O=C(CSc1nnc(-c2cccnc2)n1Cc1ccccc1)c1cccc(N2CCCC2=O)c1. The van der Waals surface area contributed by atoms with E-state index in [9.17, 15) is 9.59 Å². The van der Waals surface area contributed by atoms with Crippen LogP contribution in [-0.4, -0.2) is 43.7 Å². The van der Waals surface area contributed by atoms with Crippen molar-refractivity contribution in [2.45, 2.75) is 24.5 Å². The molecule has 0 radical (unpaired) electrons. The molecule has 1 amide bonds. The van der Waals surface area contributed by atoms with Crippen molar-refractivity contribution in [2.24, 2.45) is 0 Å². The number of pyridine rings is 1. The minimum absolute atomic E-state index is 0.0179. The molecule has 5 rings (SSSR count). The molecule has 34 heavy (non-hydrogen) atoms. The van der Waals surface area contributed by atoms with Gasteiger partial charge in [0, 0.05) is 42.2 Å². The number of thioether (sulfide) groups is 1. The summed E-state index contributed by atoms with van der Waals surface area (Å²) in [5.41, 5.74) is 3.35. The molecule has 1 fully saturated rings. The fraction of sp³-hybridized carbons (Fsp3) is 0.192. The van der Waals surface area contributed by atoms with Gasteiger partial charge in [-0.05, 0) is 36.2 Å². The second-order valence-electron chi connectivity index (χ2n) is 8.03. The van der Waals surface area contributed by atoms with Gasteiger partial charge in [0.25, 0.3) is 0 Å². The van der Waals surface area contributed by atoms with Crippen LogP contribution in [0.15, 0.2) is 84.3 Å². The molecule has 3 heterocycles. The van der Waals surface area contributed by atoms with E-state index in [0.717, 1.165) is 23.2 Å². The number of anilines is 1. The molecule has 0 spiro atoms. The smallest absolute Gasteiger partial charge is 0.227 e. The largest absolute Gasteiger partial charge is 0.312 e. The van der Waals surface area contributed by atoms with Crippen LogP contribution in [0.25, 0.3) is 11.4 Å². The molecule has 0 saturated carbocycles. The Morgan fingerprint density at radius 3 is 2.65 bits per heavy atom. The number of aromatic nitrogens is 4. The Balaban J connectivity index is 1.37. The van der Waals surface area contributed by atoms with Crippen LogP contribution in [0.1, 0.15) is 28.8 Å². The Morgan fingerprint density at radius 2 is 1.88 bits per heavy atom. The van der Waals surface area contributed by atoms with Crippen molar-refractivity contribution in [1.29, 1.82) is 0 Å². The monoisotopic (exact) mass is 469 g/mol. The topological polar surface area (TPSA) is 81.0 Å². The lowest BCUT2D eigenvalue weighted by atomic mass is 10.1. The molecule has 1 aliphatic heterocycles. The Kier molecular flexibility index (Phi) is 6.49. The van der Waals surface area contributed by atoms with Gasteiger partial charge in [-0.25, -0.2) is 0 Å². The highest BCUT2D eigenvalue weighted by Crippen LogP contribution is 2.27. The fourth-order valence-electron chi connectivity index (χ4n) is 3.99. The van der Waals surface area contributed by atoms with Crippen molar-refractivity contribution < 1.29 is 9.59 Å². The van der Waals surface area contributed by atoms with Gasteiger partial charge < -0.3 is 4.90 Å². The Bertz CT molecular complexity index is 1310. The predicted octanol–water partition coefficient (Wildman–Crippen LogP) is 4.49. The lowest BCUT2D eigenvalue weighted by molar-refractivity contribution is -0.117. The first kappa shape index (κ1) is 22.0. The zero-order valence-corrected chi connectivity index (χ0v) is 19.3. The van der Waals surface area contributed by atoms with Crippen LogP contribution < -0.4 is 4.90 Å². The van der Waals surface area contributed by atoms with Crippen LogP contribution in [0.5, 0.6) is 0 Å². The Labute approximate surface area is 201 Å². The second-order valence-corrected chi connectivity index (χ2v) is 8.97. The number of carbonyl (C=O) groups excluding carboxylic acids is 2. The van der Waals surface area contributed by atoms with Crippen molar-refractivity contribution in [1.82, 2.24) is 19.7 Å². The normalized spacial score (nSPS) is 13.4. The zero-order valence-electron chi connectivity index (χ0n) is 18.5. The van der Waals surface area contributed by atoms with Crippen molar-refractivity contribution in [3.05, 3.63) is 90.3 Å². The van der Waals surface area contributed by atoms with Crippen LogP contribution in [0.4, 0.5) is 5.69 Å². The maximum absolute atomic E-state index is 13.0. The molecule has 0 atom stereocenters. The van der Waals surface area contributed by atoms with E-state index in [1.165, 1.54) is 11.8 Å². The molecule has 0 unspecified atom stereocenters. The van der Waals surface area contributed by atoms with E-state index in [0.29, 0.717) is 36.1 Å². The van der Waals surface area contributed by atoms with E-state index in [2.05, 4.69) is 27.3 Å². The molecule has 7 nitrogen and oxygen atoms in total.